The van der Waals surface area contributed by atoms with Crippen LogP contribution in [0.3, 0.4) is 0 Å². The number of rotatable bonds is 5. The molecular formula is C24H20ClN5O2S. The smallest absolute Gasteiger partial charge is 0.240 e. The molecule has 3 aromatic carbocycles. The molecule has 0 radical (unpaired) electrons. The lowest BCUT2D eigenvalue weighted by atomic mass is 10.0. The quantitative estimate of drug-likeness (QED) is 0.421. The molecule has 1 aliphatic heterocycles. The molecule has 2 N–H and O–H groups in total. The van der Waals surface area contributed by atoms with Crippen molar-refractivity contribution in [3.05, 3.63) is 89.4 Å². The number of aromatic nitrogens is 3. The first-order chi connectivity index (χ1) is 16.1. The summed E-state index contributed by atoms with van der Waals surface area (Å²) in [6.45, 7) is 0. The average molecular weight is 478 g/mol. The second kappa shape index (κ2) is 9.17. The van der Waals surface area contributed by atoms with Gasteiger partial charge in [-0.15, -0.1) is 10.2 Å². The van der Waals surface area contributed by atoms with Crippen LogP contribution >= 0.6 is 23.4 Å². The SMILES string of the molecule is COc1cccc(NC(=O)[C@@H]2Sc3nnc(-c4ccccc4)n3N[C@@H]2c2ccc(Cl)cc2)c1. The topological polar surface area (TPSA) is 81.1 Å². The molecule has 0 saturated carbocycles. The number of carbonyl (C=O) groups is 1. The van der Waals surface area contributed by atoms with E-state index in [2.05, 4.69) is 20.9 Å². The van der Waals surface area contributed by atoms with Crippen LogP contribution in [-0.2, 0) is 4.79 Å². The molecule has 0 spiro atoms. The van der Waals surface area contributed by atoms with Gasteiger partial charge in [-0.1, -0.05) is 71.9 Å². The van der Waals surface area contributed by atoms with Gasteiger partial charge in [0, 0.05) is 22.3 Å². The first kappa shape index (κ1) is 21.4. The number of anilines is 1. The number of amides is 1. The van der Waals surface area contributed by atoms with Gasteiger partial charge in [-0.2, -0.15) is 0 Å². The van der Waals surface area contributed by atoms with Crippen molar-refractivity contribution in [1.29, 1.82) is 0 Å². The molecule has 5 rings (SSSR count). The van der Waals surface area contributed by atoms with Crippen LogP contribution in [0.1, 0.15) is 11.6 Å². The van der Waals surface area contributed by atoms with E-state index in [4.69, 9.17) is 16.3 Å². The normalized spacial score (nSPS) is 17.0. The van der Waals surface area contributed by atoms with Crippen LogP contribution in [-0.4, -0.2) is 33.1 Å². The average Bonchev–Trinajstić information content (AvgIpc) is 3.27. The van der Waals surface area contributed by atoms with Crippen molar-refractivity contribution in [1.82, 2.24) is 14.9 Å². The molecule has 4 aromatic rings. The van der Waals surface area contributed by atoms with Gasteiger partial charge in [-0.05, 0) is 29.8 Å². The predicted molar refractivity (Wildman–Crippen MR) is 130 cm³/mol. The van der Waals surface area contributed by atoms with Gasteiger partial charge >= 0.3 is 0 Å². The van der Waals surface area contributed by atoms with E-state index in [1.807, 2.05) is 77.5 Å². The number of ether oxygens (including phenoxy) is 1. The number of thioether (sulfide) groups is 1. The fourth-order valence-electron chi connectivity index (χ4n) is 3.66. The van der Waals surface area contributed by atoms with E-state index in [1.54, 1.807) is 13.2 Å². The molecule has 0 fully saturated rings. The van der Waals surface area contributed by atoms with E-state index in [1.165, 1.54) is 11.8 Å². The molecule has 0 saturated heterocycles. The minimum Gasteiger partial charge on any atom is -0.497 e. The second-order valence-electron chi connectivity index (χ2n) is 7.43. The second-order valence-corrected chi connectivity index (χ2v) is 8.97. The van der Waals surface area contributed by atoms with Gasteiger partial charge in [0.2, 0.25) is 11.1 Å². The molecule has 166 valence electrons. The predicted octanol–water partition coefficient (Wildman–Crippen LogP) is 5.00. The van der Waals surface area contributed by atoms with Crippen LogP contribution in [0.2, 0.25) is 5.02 Å². The van der Waals surface area contributed by atoms with Gasteiger partial charge in [0.15, 0.2) is 5.82 Å². The highest BCUT2D eigenvalue weighted by Gasteiger charge is 2.38. The summed E-state index contributed by atoms with van der Waals surface area (Å²) < 4.78 is 7.11. The summed E-state index contributed by atoms with van der Waals surface area (Å²) in [6, 6.07) is 24.2. The Balaban J connectivity index is 1.50. The van der Waals surface area contributed by atoms with Gasteiger partial charge < -0.3 is 15.5 Å². The molecule has 1 aromatic heterocycles. The minimum absolute atomic E-state index is 0.156. The third-order valence-corrected chi connectivity index (χ3v) is 6.76. The Labute approximate surface area is 200 Å². The fourth-order valence-corrected chi connectivity index (χ4v) is 4.87. The molecular weight excluding hydrogens is 458 g/mol. The van der Waals surface area contributed by atoms with Crippen LogP contribution in [0.25, 0.3) is 11.4 Å². The summed E-state index contributed by atoms with van der Waals surface area (Å²) in [5.74, 6) is 1.20. The molecule has 1 aliphatic rings. The monoisotopic (exact) mass is 477 g/mol. The zero-order chi connectivity index (χ0) is 22.8. The van der Waals surface area contributed by atoms with E-state index in [0.29, 0.717) is 27.4 Å². The number of methoxy groups -OCH3 is 1. The molecule has 1 amide bonds. The Morgan fingerprint density at radius 1 is 1.06 bits per heavy atom. The lowest BCUT2D eigenvalue weighted by Gasteiger charge is -2.33. The first-order valence-electron chi connectivity index (χ1n) is 10.3. The summed E-state index contributed by atoms with van der Waals surface area (Å²) in [7, 11) is 1.59. The highest BCUT2D eigenvalue weighted by Crippen LogP contribution is 2.39. The van der Waals surface area contributed by atoms with Crippen LogP contribution < -0.4 is 15.5 Å². The van der Waals surface area contributed by atoms with Crippen LogP contribution in [0, 0.1) is 0 Å². The Morgan fingerprint density at radius 2 is 1.85 bits per heavy atom. The molecule has 2 heterocycles. The maximum Gasteiger partial charge on any atom is 0.240 e. The lowest BCUT2D eigenvalue weighted by Crippen LogP contribution is -2.41. The van der Waals surface area contributed by atoms with Crippen molar-refractivity contribution in [2.24, 2.45) is 0 Å². The highest BCUT2D eigenvalue weighted by atomic mass is 35.5. The van der Waals surface area contributed by atoms with Crippen LogP contribution in [0.15, 0.2) is 84.0 Å². The zero-order valence-corrected chi connectivity index (χ0v) is 19.2. The lowest BCUT2D eigenvalue weighted by molar-refractivity contribution is -0.116. The van der Waals surface area contributed by atoms with Gasteiger partial charge in [-0.3, -0.25) is 4.79 Å². The molecule has 2 atom stereocenters. The Bertz CT molecular complexity index is 1280. The maximum atomic E-state index is 13.4. The van der Waals surface area contributed by atoms with Crippen molar-refractivity contribution >= 4 is 35.0 Å². The minimum atomic E-state index is -0.502. The number of nitrogens with one attached hydrogen (secondary N) is 2. The summed E-state index contributed by atoms with van der Waals surface area (Å²) in [5.41, 5.74) is 5.98. The van der Waals surface area contributed by atoms with Crippen molar-refractivity contribution in [3.63, 3.8) is 0 Å². The molecule has 33 heavy (non-hydrogen) atoms. The molecule has 0 aliphatic carbocycles. The van der Waals surface area contributed by atoms with E-state index in [9.17, 15) is 4.79 Å². The van der Waals surface area contributed by atoms with Gasteiger partial charge in [0.1, 0.15) is 11.0 Å². The van der Waals surface area contributed by atoms with E-state index in [0.717, 1.165) is 11.1 Å². The number of hydrogen-bond acceptors (Lipinski definition) is 6. The van der Waals surface area contributed by atoms with Crippen LogP contribution in [0.5, 0.6) is 5.75 Å². The largest absolute Gasteiger partial charge is 0.497 e. The number of hydrogen-bond donors (Lipinski definition) is 2. The number of halogens is 1. The van der Waals surface area contributed by atoms with E-state index >= 15 is 0 Å². The van der Waals surface area contributed by atoms with Gasteiger partial charge in [0.05, 0.1) is 13.2 Å². The number of nitrogens with zero attached hydrogens (tertiary/aromatic N) is 3. The third-order valence-electron chi connectivity index (χ3n) is 5.29. The van der Waals surface area contributed by atoms with Gasteiger partial charge in [0.25, 0.3) is 0 Å². The van der Waals surface area contributed by atoms with Crippen molar-refractivity contribution in [3.8, 4) is 17.1 Å². The van der Waals surface area contributed by atoms with E-state index < -0.39 is 5.25 Å². The molecule has 9 heteroatoms. The third kappa shape index (κ3) is 4.40. The number of carbonyl (C=O) groups excluding carboxylic acids is 1. The molecule has 0 bridgehead atoms. The zero-order valence-electron chi connectivity index (χ0n) is 17.6. The van der Waals surface area contributed by atoms with Crippen molar-refractivity contribution in [2.75, 3.05) is 17.9 Å². The molecule has 0 unspecified atom stereocenters. The summed E-state index contributed by atoms with van der Waals surface area (Å²) in [4.78, 5) is 13.4. The van der Waals surface area contributed by atoms with Crippen molar-refractivity contribution < 1.29 is 9.53 Å². The summed E-state index contributed by atoms with van der Waals surface area (Å²) >= 11 is 7.48. The number of fused-ring (bicyclic) bond motifs is 1. The maximum absolute atomic E-state index is 13.4. The summed E-state index contributed by atoms with van der Waals surface area (Å²) in [5, 5.41) is 12.5. The Morgan fingerprint density at radius 3 is 2.61 bits per heavy atom. The Kier molecular flexibility index (Phi) is 5.93. The highest BCUT2D eigenvalue weighted by molar-refractivity contribution is 8.00. The Hall–Kier alpha value is -3.49. The molecule has 7 nitrogen and oxygen atoms in total. The summed E-state index contributed by atoms with van der Waals surface area (Å²) in [6.07, 6.45) is 0. The first-order valence-corrected chi connectivity index (χ1v) is 11.5. The standard InChI is InChI=1S/C24H20ClN5O2S/c1-32-19-9-5-8-18(14-19)26-23(31)21-20(15-10-12-17(25)13-11-15)29-30-22(27-28-24(30)33-21)16-6-3-2-4-7-16/h2-14,20-21,29H,1H3,(H,26,31)/t20-,21-/m1/s1. The number of benzene rings is 3. The van der Waals surface area contributed by atoms with E-state index in [-0.39, 0.29) is 11.9 Å². The van der Waals surface area contributed by atoms with Crippen LogP contribution in [0.4, 0.5) is 5.69 Å². The van der Waals surface area contributed by atoms with Gasteiger partial charge in [-0.25, -0.2) is 4.68 Å². The van der Waals surface area contributed by atoms with Crippen molar-refractivity contribution in [2.45, 2.75) is 16.4 Å². The fraction of sp³-hybridized carbons (Fsp3) is 0.125.